The molecule has 27 heavy (non-hydrogen) atoms. The van der Waals surface area contributed by atoms with Crippen LogP contribution in [-0.2, 0) is 17.6 Å². The van der Waals surface area contributed by atoms with Gasteiger partial charge in [-0.15, -0.1) is 11.3 Å². The number of carbonyl (C=O) groups excluding carboxylic acids is 1. The number of thiophene rings is 1. The molecule has 0 spiro atoms. The predicted octanol–water partition coefficient (Wildman–Crippen LogP) is 5.31. The number of likely N-dealkylation sites (tertiary alicyclic amines) is 1. The molecule has 1 unspecified atom stereocenters. The van der Waals surface area contributed by atoms with E-state index < -0.39 is 5.97 Å². The van der Waals surface area contributed by atoms with Crippen molar-refractivity contribution < 1.29 is 14.7 Å². The van der Waals surface area contributed by atoms with Gasteiger partial charge in [0.1, 0.15) is 4.88 Å². The Balaban J connectivity index is 1.51. The van der Waals surface area contributed by atoms with Gasteiger partial charge in [-0.3, -0.25) is 4.79 Å². The maximum absolute atomic E-state index is 12.3. The quantitative estimate of drug-likeness (QED) is 0.623. The molecule has 1 amide bonds. The molecule has 1 aliphatic rings. The monoisotopic (exact) mass is 425 g/mol. The lowest BCUT2D eigenvalue weighted by Gasteiger charge is -2.25. The van der Waals surface area contributed by atoms with Gasteiger partial charge >= 0.3 is 5.97 Å². The van der Waals surface area contributed by atoms with E-state index in [-0.39, 0.29) is 11.9 Å². The zero-order valence-corrected chi connectivity index (χ0v) is 17.1. The number of carbonyl (C=O) groups is 2. The molecule has 2 heterocycles. The van der Waals surface area contributed by atoms with Crippen LogP contribution >= 0.6 is 34.5 Å². The van der Waals surface area contributed by atoms with E-state index in [0.29, 0.717) is 27.9 Å². The zero-order chi connectivity index (χ0) is 19.4. The standard InChI is InChI=1S/C20H21Cl2NO3S/c21-14-10-13(11-15(22)12-14)8-9-23-16(4-7-19(23)24)2-1-3-17-5-6-18(27-17)20(25)26/h5-6,10-12,16H,1-4,7-9H2,(H,25,26). The number of carboxylic acid groups (broad SMARTS) is 1. The smallest absolute Gasteiger partial charge is 0.345 e. The second-order valence-corrected chi connectivity index (χ2v) is 8.81. The average Bonchev–Trinajstić information content (AvgIpc) is 3.20. The molecule has 1 atom stereocenters. The number of amides is 1. The minimum absolute atomic E-state index is 0.206. The van der Waals surface area contributed by atoms with Crippen LogP contribution in [0.2, 0.25) is 10.0 Å². The first-order valence-electron chi connectivity index (χ1n) is 8.99. The van der Waals surface area contributed by atoms with Crippen molar-refractivity contribution in [1.29, 1.82) is 0 Å². The Morgan fingerprint density at radius 3 is 2.59 bits per heavy atom. The number of hydrogen-bond donors (Lipinski definition) is 1. The Morgan fingerprint density at radius 1 is 1.19 bits per heavy atom. The van der Waals surface area contributed by atoms with Crippen molar-refractivity contribution in [1.82, 2.24) is 4.90 Å². The molecule has 4 nitrogen and oxygen atoms in total. The van der Waals surface area contributed by atoms with Crippen molar-refractivity contribution in [3.63, 3.8) is 0 Å². The molecule has 1 aliphatic heterocycles. The number of benzene rings is 1. The van der Waals surface area contributed by atoms with E-state index in [2.05, 4.69) is 0 Å². The van der Waals surface area contributed by atoms with Crippen molar-refractivity contribution in [2.45, 2.75) is 44.6 Å². The fourth-order valence-electron chi connectivity index (χ4n) is 3.54. The number of aryl methyl sites for hydroxylation is 1. The Hall–Kier alpha value is -1.56. The number of carboxylic acids is 1. The fraction of sp³-hybridized carbons (Fsp3) is 0.400. The minimum Gasteiger partial charge on any atom is -0.477 e. The second-order valence-electron chi connectivity index (χ2n) is 6.77. The van der Waals surface area contributed by atoms with Crippen LogP contribution < -0.4 is 0 Å². The molecule has 0 aliphatic carbocycles. The Morgan fingerprint density at radius 2 is 1.93 bits per heavy atom. The molecular weight excluding hydrogens is 405 g/mol. The van der Waals surface area contributed by atoms with E-state index in [9.17, 15) is 9.59 Å². The summed E-state index contributed by atoms with van der Waals surface area (Å²) in [5.74, 6) is -0.669. The average molecular weight is 426 g/mol. The van der Waals surface area contributed by atoms with Gasteiger partial charge in [-0.2, -0.15) is 0 Å². The van der Waals surface area contributed by atoms with Gasteiger partial charge in [-0.25, -0.2) is 4.79 Å². The van der Waals surface area contributed by atoms with Crippen LogP contribution in [0.5, 0.6) is 0 Å². The molecule has 1 aromatic heterocycles. The van der Waals surface area contributed by atoms with Gasteiger partial charge in [-0.05, 0) is 68.0 Å². The molecule has 1 aromatic carbocycles. The van der Waals surface area contributed by atoms with Gasteiger partial charge in [0, 0.05) is 33.9 Å². The highest BCUT2D eigenvalue weighted by molar-refractivity contribution is 7.13. The number of aromatic carboxylic acids is 1. The van der Waals surface area contributed by atoms with E-state index in [0.717, 1.165) is 42.5 Å². The van der Waals surface area contributed by atoms with Crippen molar-refractivity contribution in [2.24, 2.45) is 0 Å². The summed E-state index contributed by atoms with van der Waals surface area (Å²) in [7, 11) is 0. The molecular formula is C20H21Cl2NO3S. The molecule has 2 aromatic rings. The number of rotatable bonds is 8. The molecule has 1 N–H and O–H groups in total. The van der Waals surface area contributed by atoms with Crippen LogP contribution in [0.15, 0.2) is 30.3 Å². The van der Waals surface area contributed by atoms with E-state index >= 15 is 0 Å². The van der Waals surface area contributed by atoms with Gasteiger partial charge in [0.15, 0.2) is 0 Å². The van der Waals surface area contributed by atoms with Gasteiger partial charge in [-0.1, -0.05) is 23.2 Å². The maximum Gasteiger partial charge on any atom is 0.345 e. The third-order valence-electron chi connectivity index (χ3n) is 4.85. The summed E-state index contributed by atoms with van der Waals surface area (Å²) in [5, 5.41) is 10.2. The second kappa shape index (κ2) is 9.09. The topological polar surface area (TPSA) is 57.6 Å². The van der Waals surface area contributed by atoms with Gasteiger partial charge < -0.3 is 10.0 Å². The van der Waals surface area contributed by atoms with Gasteiger partial charge in [0.2, 0.25) is 5.91 Å². The lowest BCUT2D eigenvalue weighted by atomic mass is 10.1. The number of hydrogen-bond acceptors (Lipinski definition) is 3. The van der Waals surface area contributed by atoms with Crippen LogP contribution in [0.3, 0.4) is 0 Å². The van der Waals surface area contributed by atoms with Crippen molar-refractivity contribution in [3.8, 4) is 0 Å². The van der Waals surface area contributed by atoms with E-state index in [1.807, 2.05) is 23.1 Å². The van der Waals surface area contributed by atoms with E-state index in [4.69, 9.17) is 28.3 Å². The minimum atomic E-state index is -0.875. The van der Waals surface area contributed by atoms with Crippen molar-refractivity contribution in [2.75, 3.05) is 6.54 Å². The van der Waals surface area contributed by atoms with Crippen molar-refractivity contribution >= 4 is 46.4 Å². The number of nitrogens with zero attached hydrogens (tertiary/aromatic N) is 1. The van der Waals surface area contributed by atoms with Crippen LogP contribution in [0.1, 0.15) is 45.8 Å². The molecule has 0 radical (unpaired) electrons. The largest absolute Gasteiger partial charge is 0.477 e. The molecule has 7 heteroatoms. The fourth-order valence-corrected chi connectivity index (χ4v) is 5.00. The van der Waals surface area contributed by atoms with Gasteiger partial charge in [0.25, 0.3) is 0 Å². The normalized spacial score (nSPS) is 16.9. The lowest BCUT2D eigenvalue weighted by molar-refractivity contribution is -0.129. The van der Waals surface area contributed by atoms with E-state index in [1.54, 1.807) is 12.1 Å². The summed E-state index contributed by atoms with van der Waals surface area (Å²) in [6.07, 6.45) is 4.94. The molecule has 0 bridgehead atoms. The maximum atomic E-state index is 12.3. The Labute approximate surface area is 172 Å². The zero-order valence-electron chi connectivity index (χ0n) is 14.8. The van der Waals surface area contributed by atoms with Crippen LogP contribution in [0.25, 0.3) is 0 Å². The van der Waals surface area contributed by atoms with E-state index in [1.165, 1.54) is 11.3 Å². The Bertz CT molecular complexity index is 816. The first-order chi connectivity index (χ1) is 12.9. The molecule has 144 valence electrons. The third kappa shape index (κ3) is 5.47. The third-order valence-corrected chi connectivity index (χ3v) is 6.42. The molecule has 0 saturated carbocycles. The highest BCUT2D eigenvalue weighted by Gasteiger charge is 2.30. The highest BCUT2D eigenvalue weighted by atomic mass is 35.5. The summed E-state index contributed by atoms with van der Waals surface area (Å²) in [4.78, 5) is 26.7. The van der Waals surface area contributed by atoms with Crippen molar-refractivity contribution in [3.05, 3.63) is 55.7 Å². The SMILES string of the molecule is O=C(O)c1ccc(CCCC2CCC(=O)N2CCc2cc(Cl)cc(Cl)c2)s1. The molecule has 1 saturated heterocycles. The van der Waals surface area contributed by atoms with Crippen LogP contribution in [-0.4, -0.2) is 34.5 Å². The first-order valence-corrected chi connectivity index (χ1v) is 10.6. The molecule has 3 rings (SSSR count). The Kier molecular flexibility index (Phi) is 6.79. The summed E-state index contributed by atoms with van der Waals surface area (Å²) in [6.45, 7) is 0.669. The van der Waals surface area contributed by atoms with Crippen LogP contribution in [0, 0.1) is 0 Å². The summed E-state index contributed by atoms with van der Waals surface area (Å²) >= 11 is 13.4. The summed E-state index contributed by atoms with van der Waals surface area (Å²) in [6, 6.07) is 9.28. The first kappa shape index (κ1) is 20.2. The highest BCUT2D eigenvalue weighted by Crippen LogP contribution is 2.26. The number of halogens is 2. The predicted molar refractivity (Wildman–Crippen MR) is 109 cm³/mol. The molecule has 1 fully saturated rings. The summed E-state index contributed by atoms with van der Waals surface area (Å²) in [5.41, 5.74) is 1.03. The lowest BCUT2D eigenvalue weighted by Crippen LogP contribution is -2.34. The van der Waals surface area contributed by atoms with Gasteiger partial charge in [0.05, 0.1) is 0 Å². The summed E-state index contributed by atoms with van der Waals surface area (Å²) < 4.78 is 0. The van der Waals surface area contributed by atoms with Crippen LogP contribution in [0.4, 0.5) is 0 Å².